The summed E-state index contributed by atoms with van der Waals surface area (Å²) in [6.45, 7) is 5.83. The van der Waals surface area contributed by atoms with Crippen LogP contribution in [-0.2, 0) is 6.54 Å². The average Bonchev–Trinajstić information content (AvgIpc) is 2.57. The number of halogens is 2. The summed E-state index contributed by atoms with van der Waals surface area (Å²) in [7, 11) is 0. The Bertz CT molecular complexity index is 730. The third-order valence-electron chi connectivity index (χ3n) is 4.75. The van der Waals surface area contributed by atoms with Gasteiger partial charge in [0.2, 0.25) is 0 Å². The fraction of sp³-hybridized carbons (Fsp3) is 0.429. The summed E-state index contributed by atoms with van der Waals surface area (Å²) in [6, 6.07) is 11.5. The smallest absolute Gasteiger partial charge is 0.137 e. The Labute approximate surface area is 153 Å². The van der Waals surface area contributed by atoms with Gasteiger partial charge in [0.15, 0.2) is 0 Å². The van der Waals surface area contributed by atoms with E-state index >= 15 is 0 Å². The fourth-order valence-corrected chi connectivity index (χ4v) is 3.31. The maximum Gasteiger partial charge on any atom is 0.137 e. The molecule has 26 heavy (non-hydrogen) atoms. The van der Waals surface area contributed by atoms with E-state index in [-0.39, 0.29) is 6.10 Å². The van der Waals surface area contributed by atoms with Crippen LogP contribution >= 0.6 is 0 Å². The molecule has 0 radical (unpaired) electrons. The number of aliphatic hydroxyl groups excluding tert-OH is 1. The maximum atomic E-state index is 13.4. The van der Waals surface area contributed by atoms with E-state index in [1.807, 2.05) is 18.2 Å². The number of hydrogen-bond acceptors (Lipinski definition) is 3. The lowest BCUT2D eigenvalue weighted by atomic mass is 10.0. The number of likely N-dealkylation sites (tertiary alicyclic amines) is 1. The van der Waals surface area contributed by atoms with Crippen molar-refractivity contribution in [1.82, 2.24) is 4.90 Å². The van der Waals surface area contributed by atoms with Crippen LogP contribution in [0.5, 0.6) is 5.75 Å². The molecule has 0 amide bonds. The molecular formula is C21H25F2NO2. The van der Waals surface area contributed by atoms with Gasteiger partial charge in [-0.1, -0.05) is 26.0 Å². The largest absolute Gasteiger partial charge is 0.486 e. The molecule has 1 aliphatic heterocycles. The van der Waals surface area contributed by atoms with Crippen LogP contribution in [0, 0.1) is 11.6 Å². The van der Waals surface area contributed by atoms with Crippen LogP contribution in [0.3, 0.4) is 0 Å². The monoisotopic (exact) mass is 361 g/mol. The number of aliphatic hydroxyl groups is 1. The first-order valence-electron chi connectivity index (χ1n) is 9.02. The number of benzene rings is 2. The van der Waals surface area contributed by atoms with Crippen molar-refractivity contribution in [3.63, 3.8) is 0 Å². The Morgan fingerprint density at radius 1 is 1.15 bits per heavy atom. The van der Waals surface area contributed by atoms with Gasteiger partial charge in [0.1, 0.15) is 23.5 Å². The molecule has 3 nitrogen and oxygen atoms in total. The van der Waals surface area contributed by atoms with Crippen LogP contribution in [0.1, 0.15) is 37.3 Å². The van der Waals surface area contributed by atoms with Crippen LogP contribution in [0.4, 0.5) is 8.78 Å². The van der Waals surface area contributed by atoms with Crippen LogP contribution < -0.4 is 4.74 Å². The summed E-state index contributed by atoms with van der Waals surface area (Å²) < 4.78 is 32.8. The predicted octanol–water partition coefficient (Wildman–Crippen LogP) is 4.10. The van der Waals surface area contributed by atoms with Crippen LogP contribution in [0.25, 0.3) is 0 Å². The van der Waals surface area contributed by atoms with Gasteiger partial charge >= 0.3 is 0 Å². The molecule has 0 spiro atoms. The second kappa shape index (κ2) is 8.14. The SMILES string of the molecule is CC(C)c1cccc(O[C@@H]2CN(Cc3cc(F)cc(F)c3)CC[C@H]2O)c1. The molecule has 0 aromatic heterocycles. The highest BCUT2D eigenvalue weighted by atomic mass is 19.1. The van der Waals surface area contributed by atoms with Gasteiger partial charge in [-0.05, 0) is 47.7 Å². The van der Waals surface area contributed by atoms with E-state index in [9.17, 15) is 13.9 Å². The number of piperidine rings is 1. The third-order valence-corrected chi connectivity index (χ3v) is 4.75. The van der Waals surface area contributed by atoms with E-state index in [4.69, 9.17) is 4.74 Å². The summed E-state index contributed by atoms with van der Waals surface area (Å²) in [4.78, 5) is 2.05. The number of hydrogen-bond donors (Lipinski definition) is 1. The minimum Gasteiger partial charge on any atom is -0.486 e. The Morgan fingerprint density at radius 3 is 2.58 bits per heavy atom. The first-order valence-corrected chi connectivity index (χ1v) is 9.02. The molecule has 0 aliphatic carbocycles. The normalized spacial score (nSPS) is 21.2. The summed E-state index contributed by atoms with van der Waals surface area (Å²) in [5, 5.41) is 10.3. The van der Waals surface area contributed by atoms with E-state index < -0.39 is 17.7 Å². The molecule has 3 rings (SSSR count). The van der Waals surface area contributed by atoms with Crippen molar-refractivity contribution in [2.45, 2.75) is 44.9 Å². The van der Waals surface area contributed by atoms with E-state index in [2.05, 4.69) is 24.8 Å². The molecule has 1 aliphatic rings. The second-order valence-corrected chi connectivity index (χ2v) is 7.25. The highest BCUT2D eigenvalue weighted by Gasteiger charge is 2.29. The van der Waals surface area contributed by atoms with Gasteiger partial charge < -0.3 is 9.84 Å². The first-order chi connectivity index (χ1) is 12.4. The minimum atomic E-state index is -0.574. The Hall–Kier alpha value is -1.98. The quantitative estimate of drug-likeness (QED) is 0.870. The van der Waals surface area contributed by atoms with Gasteiger partial charge in [0, 0.05) is 25.7 Å². The predicted molar refractivity (Wildman–Crippen MR) is 97.2 cm³/mol. The molecule has 1 N–H and O–H groups in total. The zero-order chi connectivity index (χ0) is 18.7. The van der Waals surface area contributed by atoms with Crippen molar-refractivity contribution >= 4 is 0 Å². The highest BCUT2D eigenvalue weighted by Crippen LogP contribution is 2.24. The van der Waals surface area contributed by atoms with Gasteiger partial charge in [-0.2, -0.15) is 0 Å². The van der Waals surface area contributed by atoms with Crippen molar-refractivity contribution in [3.8, 4) is 5.75 Å². The lowest BCUT2D eigenvalue weighted by Gasteiger charge is -2.36. The topological polar surface area (TPSA) is 32.7 Å². The molecule has 2 atom stereocenters. The standard InChI is InChI=1S/C21H25F2NO2/c1-14(2)16-4-3-5-19(10-16)26-21-13-24(7-6-20(21)25)12-15-8-17(22)11-18(23)9-15/h3-5,8-11,14,20-21,25H,6-7,12-13H2,1-2H3/t20-,21-/m1/s1. The van der Waals surface area contributed by atoms with Gasteiger partial charge in [0.05, 0.1) is 6.10 Å². The second-order valence-electron chi connectivity index (χ2n) is 7.25. The Balaban J connectivity index is 1.67. The average molecular weight is 361 g/mol. The molecule has 0 unspecified atom stereocenters. The van der Waals surface area contributed by atoms with E-state index in [0.29, 0.717) is 37.5 Å². The van der Waals surface area contributed by atoms with Crippen molar-refractivity contribution in [2.24, 2.45) is 0 Å². The zero-order valence-electron chi connectivity index (χ0n) is 15.2. The van der Waals surface area contributed by atoms with Crippen LogP contribution in [-0.4, -0.2) is 35.3 Å². The first kappa shape index (κ1) is 18.8. The number of ether oxygens (including phenoxy) is 1. The summed E-state index contributed by atoms with van der Waals surface area (Å²) in [5.74, 6) is -0.0150. The van der Waals surface area contributed by atoms with Crippen molar-refractivity contribution in [1.29, 1.82) is 0 Å². The van der Waals surface area contributed by atoms with Gasteiger partial charge in [-0.25, -0.2) is 8.78 Å². The van der Waals surface area contributed by atoms with Crippen molar-refractivity contribution < 1.29 is 18.6 Å². The minimum absolute atomic E-state index is 0.371. The molecule has 0 saturated carbocycles. The van der Waals surface area contributed by atoms with E-state index in [0.717, 1.165) is 11.8 Å². The number of nitrogens with zero attached hydrogens (tertiary/aromatic N) is 1. The Morgan fingerprint density at radius 2 is 1.88 bits per heavy atom. The maximum absolute atomic E-state index is 13.4. The van der Waals surface area contributed by atoms with Crippen LogP contribution in [0.15, 0.2) is 42.5 Å². The zero-order valence-corrected chi connectivity index (χ0v) is 15.2. The molecule has 2 aromatic rings. The van der Waals surface area contributed by atoms with Crippen LogP contribution in [0.2, 0.25) is 0 Å². The molecule has 140 valence electrons. The molecule has 2 aromatic carbocycles. The molecule has 5 heteroatoms. The van der Waals surface area contributed by atoms with Crippen molar-refractivity contribution in [3.05, 3.63) is 65.2 Å². The summed E-state index contributed by atoms with van der Waals surface area (Å²) in [5.41, 5.74) is 1.76. The lowest BCUT2D eigenvalue weighted by molar-refractivity contribution is -0.0268. The fourth-order valence-electron chi connectivity index (χ4n) is 3.31. The van der Waals surface area contributed by atoms with Crippen molar-refractivity contribution in [2.75, 3.05) is 13.1 Å². The number of rotatable bonds is 5. The molecule has 1 heterocycles. The van der Waals surface area contributed by atoms with E-state index in [1.54, 1.807) is 0 Å². The lowest BCUT2D eigenvalue weighted by Crippen LogP contribution is -2.49. The van der Waals surface area contributed by atoms with Gasteiger partial charge in [-0.3, -0.25) is 4.90 Å². The molecular weight excluding hydrogens is 336 g/mol. The summed E-state index contributed by atoms with van der Waals surface area (Å²) >= 11 is 0. The molecule has 1 fully saturated rings. The van der Waals surface area contributed by atoms with Gasteiger partial charge in [0.25, 0.3) is 0 Å². The molecule has 1 saturated heterocycles. The summed E-state index contributed by atoms with van der Waals surface area (Å²) in [6.07, 6.45) is -0.366. The van der Waals surface area contributed by atoms with Gasteiger partial charge in [-0.15, -0.1) is 0 Å². The third kappa shape index (κ3) is 4.80. The molecule has 0 bridgehead atoms. The van der Waals surface area contributed by atoms with E-state index in [1.165, 1.54) is 17.7 Å². The highest BCUT2D eigenvalue weighted by molar-refractivity contribution is 5.30. The Kier molecular flexibility index (Phi) is 5.89.